The average molecular weight is 374 g/mol. The summed E-state index contributed by atoms with van der Waals surface area (Å²) in [6.07, 6.45) is 6.23. The van der Waals surface area contributed by atoms with Crippen LogP contribution in [0.5, 0.6) is 11.6 Å². The van der Waals surface area contributed by atoms with Crippen LogP contribution in [-0.2, 0) is 0 Å². The smallest absolute Gasteiger partial charge is 0.267 e. The van der Waals surface area contributed by atoms with Crippen molar-refractivity contribution in [2.75, 3.05) is 5.32 Å². The number of carbonyl (C=O) groups is 1. The van der Waals surface area contributed by atoms with Gasteiger partial charge in [-0.3, -0.25) is 9.78 Å². The standard InChI is InChI=1S/C20H14N4O2S/c25-19(17-12-23-20(27-17)14-5-2-1-3-6-14)24-15-7-4-8-16(11-15)26-18-13-21-9-10-22-18/h1-13H,(H,24,25). The van der Waals surface area contributed by atoms with Gasteiger partial charge in [0.1, 0.15) is 15.6 Å². The van der Waals surface area contributed by atoms with Gasteiger partial charge in [0.2, 0.25) is 5.88 Å². The first-order chi connectivity index (χ1) is 13.3. The molecule has 0 atom stereocenters. The Morgan fingerprint density at radius 1 is 0.963 bits per heavy atom. The van der Waals surface area contributed by atoms with E-state index in [-0.39, 0.29) is 5.91 Å². The maximum absolute atomic E-state index is 12.5. The topological polar surface area (TPSA) is 77.0 Å². The molecule has 4 rings (SSSR count). The summed E-state index contributed by atoms with van der Waals surface area (Å²) in [6.45, 7) is 0. The number of nitrogens with zero attached hydrogens (tertiary/aromatic N) is 3. The van der Waals surface area contributed by atoms with Crippen molar-refractivity contribution >= 4 is 22.9 Å². The van der Waals surface area contributed by atoms with Crippen LogP contribution in [0.2, 0.25) is 0 Å². The van der Waals surface area contributed by atoms with Gasteiger partial charge >= 0.3 is 0 Å². The predicted octanol–water partition coefficient (Wildman–Crippen LogP) is 4.64. The number of benzene rings is 2. The second-order valence-electron chi connectivity index (χ2n) is 5.52. The van der Waals surface area contributed by atoms with E-state index in [9.17, 15) is 4.79 Å². The summed E-state index contributed by atoms with van der Waals surface area (Å²) < 4.78 is 5.63. The summed E-state index contributed by atoms with van der Waals surface area (Å²) in [4.78, 5) is 25.4. The van der Waals surface area contributed by atoms with Crippen molar-refractivity contribution in [2.45, 2.75) is 0 Å². The van der Waals surface area contributed by atoms with Gasteiger partial charge in [0, 0.05) is 29.7 Å². The fourth-order valence-electron chi connectivity index (χ4n) is 2.38. The van der Waals surface area contributed by atoms with Gasteiger partial charge in [-0.05, 0) is 12.1 Å². The predicted molar refractivity (Wildman–Crippen MR) is 104 cm³/mol. The summed E-state index contributed by atoms with van der Waals surface area (Å²) in [5, 5.41) is 3.67. The molecule has 0 unspecified atom stereocenters. The molecule has 0 spiro atoms. The summed E-state index contributed by atoms with van der Waals surface area (Å²) in [7, 11) is 0. The SMILES string of the molecule is O=C(Nc1cccc(Oc2cnccn2)c1)c1cnc(-c2ccccc2)s1. The van der Waals surface area contributed by atoms with Crippen molar-refractivity contribution in [2.24, 2.45) is 0 Å². The highest BCUT2D eigenvalue weighted by Gasteiger charge is 2.12. The molecule has 0 radical (unpaired) electrons. The molecule has 7 heteroatoms. The van der Waals surface area contributed by atoms with E-state index < -0.39 is 0 Å². The second-order valence-corrected chi connectivity index (χ2v) is 6.55. The monoisotopic (exact) mass is 374 g/mol. The number of hydrogen-bond donors (Lipinski definition) is 1. The minimum atomic E-state index is -0.216. The Balaban J connectivity index is 1.47. The van der Waals surface area contributed by atoms with Crippen LogP contribution < -0.4 is 10.1 Å². The molecular formula is C20H14N4O2S. The van der Waals surface area contributed by atoms with Crippen LogP contribution >= 0.6 is 11.3 Å². The van der Waals surface area contributed by atoms with Crippen LogP contribution in [0.3, 0.4) is 0 Å². The number of rotatable bonds is 5. The van der Waals surface area contributed by atoms with Crippen LogP contribution in [0.4, 0.5) is 5.69 Å². The molecule has 0 fully saturated rings. The van der Waals surface area contributed by atoms with Crippen LogP contribution in [0.15, 0.2) is 79.4 Å². The lowest BCUT2D eigenvalue weighted by Gasteiger charge is -2.07. The van der Waals surface area contributed by atoms with E-state index >= 15 is 0 Å². The third-order valence-corrected chi connectivity index (χ3v) is 4.65. The Kier molecular flexibility index (Phi) is 4.84. The fraction of sp³-hybridized carbons (Fsp3) is 0. The molecule has 0 bridgehead atoms. The van der Waals surface area contributed by atoms with Crippen LogP contribution in [-0.4, -0.2) is 20.9 Å². The molecule has 4 aromatic rings. The molecule has 0 aliphatic heterocycles. The van der Waals surface area contributed by atoms with Gasteiger partial charge in [-0.25, -0.2) is 9.97 Å². The molecule has 27 heavy (non-hydrogen) atoms. The Labute approximate surface area is 159 Å². The van der Waals surface area contributed by atoms with Gasteiger partial charge in [-0.1, -0.05) is 36.4 Å². The molecule has 6 nitrogen and oxygen atoms in total. The van der Waals surface area contributed by atoms with Crippen LogP contribution in [0, 0.1) is 0 Å². The van der Waals surface area contributed by atoms with E-state index in [1.807, 2.05) is 30.3 Å². The first-order valence-electron chi connectivity index (χ1n) is 8.14. The largest absolute Gasteiger partial charge is 0.437 e. The van der Waals surface area contributed by atoms with E-state index in [1.165, 1.54) is 17.5 Å². The Morgan fingerprint density at radius 3 is 2.67 bits per heavy atom. The number of ether oxygens (including phenoxy) is 1. The number of nitrogens with one attached hydrogen (secondary N) is 1. The van der Waals surface area contributed by atoms with Gasteiger partial charge in [0.25, 0.3) is 5.91 Å². The van der Waals surface area contributed by atoms with Crippen LogP contribution in [0.25, 0.3) is 10.6 Å². The molecule has 2 aromatic carbocycles. The number of amides is 1. The molecule has 0 aliphatic carbocycles. The fourth-order valence-corrected chi connectivity index (χ4v) is 3.20. The highest BCUT2D eigenvalue weighted by molar-refractivity contribution is 7.17. The highest BCUT2D eigenvalue weighted by atomic mass is 32.1. The van der Waals surface area contributed by atoms with Crippen molar-refractivity contribution in [3.8, 4) is 22.2 Å². The lowest BCUT2D eigenvalue weighted by atomic mass is 10.2. The third-order valence-electron chi connectivity index (χ3n) is 3.60. The van der Waals surface area contributed by atoms with E-state index in [2.05, 4.69) is 20.3 Å². The first kappa shape index (κ1) is 16.9. The van der Waals surface area contributed by atoms with Crippen molar-refractivity contribution in [1.29, 1.82) is 0 Å². The Hall–Kier alpha value is -3.58. The number of aromatic nitrogens is 3. The lowest BCUT2D eigenvalue weighted by Crippen LogP contribution is -2.10. The van der Waals surface area contributed by atoms with Crippen molar-refractivity contribution in [3.63, 3.8) is 0 Å². The minimum absolute atomic E-state index is 0.216. The normalized spacial score (nSPS) is 10.4. The molecule has 1 amide bonds. The minimum Gasteiger partial charge on any atom is -0.437 e. The summed E-state index contributed by atoms with van der Waals surface area (Å²) >= 11 is 1.35. The maximum Gasteiger partial charge on any atom is 0.267 e. The third kappa shape index (κ3) is 4.16. The lowest BCUT2D eigenvalue weighted by molar-refractivity contribution is 0.103. The molecule has 2 heterocycles. The number of thiazole rings is 1. The first-order valence-corrected chi connectivity index (χ1v) is 8.96. The van der Waals surface area contributed by atoms with Gasteiger partial charge < -0.3 is 10.1 Å². The Morgan fingerprint density at radius 2 is 1.85 bits per heavy atom. The van der Waals surface area contributed by atoms with Gasteiger partial charge in [-0.2, -0.15) is 0 Å². The number of carbonyl (C=O) groups excluding carboxylic acids is 1. The van der Waals surface area contributed by atoms with Gasteiger partial charge in [0.15, 0.2) is 0 Å². The average Bonchev–Trinajstić information content (AvgIpc) is 3.20. The van der Waals surface area contributed by atoms with Gasteiger partial charge in [-0.15, -0.1) is 11.3 Å². The molecule has 2 aromatic heterocycles. The summed E-state index contributed by atoms with van der Waals surface area (Å²) in [5.74, 6) is 0.727. The quantitative estimate of drug-likeness (QED) is 0.550. The van der Waals surface area contributed by atoms with E-state index in [0.29, 0.717) is 22.2 Å². The second kappa shape index (κ2) is 7.76. The number of hydrogen-bond acceptors (Lipinski definition) is 6. The zero-order chi connectivity index (χ0) is 18.5. The van der Waals surface area contributed by atoms with Gasteiger partial charge in [0.05, 0.1) is 12.4 Å². The molecule has 1 N–H and O–H groups in total. The molecule has 132 valence electrons. The van der Waals surface area contributed by atoms with Crippen molar-refractivity contribution in [3.05, 3.63) is 84.3 Å². The number of anilines is 1. The maximum atomic E-state index is 12.5. The zero-order valence-electron chi connectivity index (χ0n) is 14.1. The summed E-state index contributed by atoms with van der Waals surface area (Å²) in [5.41, 5.74) is 1.61. The molecule has 0 saturated heterocycles. The zero-order valence-corrected chi connectivity index (χ0v) is 14.9. The molecular weight excluding hydrogens is 360 g/mol. The Bertz CT molecular complexity index is 1050. The van der Waals surface area contributed by atoms with Crippen LogP contribution in [0.1, 0.15) is 9.67 Å². The van der Waals surface area contributed by atoms with E-state index in [1.54, 1.807) is 42.9 Å². The molecule has 0 aliphatic rings. The van der Waals surface area contributed by atoms with E-state index in [0.717, 1.165) is 10.6 Å². The van der Waals surface area contributed by atoms with E-state index in [4.69, 9.17) is 4.74 Å². The van der Waals surface area contributed by atoms with Crippen molar-refractivity contribution in [1.82, 2.24) is 15.0 Å². The van der Waals surface area contributed by atoms with Crippen molar-refractivity contribution < 1.29 is 9.53 Å². The summed E-state index contributed by atoms with van der Waals surface area (Å²) in [6, 6.07) is 16.9. The highest BCUT2D eigenvalue weighted by Crippen LogP contribution is 2.26. The molecule has 0 saturated carbocycles.